The van der Waals surface area contributed by atoms with Gasteiger partial charge in [-0.3, -0.25) is 28.8 Å². The lowest BCUT2D eigenvalue weighted by molar-refractivity contribution is -0.114. The van der Waals surface area contributed by atoms with Gasteiger partial charge in [-0.25, -0.2) is 4.98 Å². The highest BCUT2D eigenvalue weighted by atomic mass is 35.5. The summed E-state index contributed by atoms with van der Waals surface area (Å²) in [4.78, 5) is 86.7. The van der Waals surface area contributed by atoms with Crippen LogP contribution in [-0.2, 0) is 11.2 Å². The van der Waals surface area contributed by atoms with Gasteiger partial charge in [-0.15, -0.1) is 0 Å². The fourth-order valence-corrected chi connectivity index (χ4v) is 5.33. The number of carbonyl (C=O) groups is 5. The lowest BCUT2D eigenvalue weighted by atomic mass is 9.83. The second kappa shape index (κ2) is 10.9. The number of allylic oxidation sites excluding steroid dienone is 2. The number of benzene rings is 3. The summed E-state index contributed by atoms with van der Waals surface area (Å²) in [6.07, 6.45) is -0.452. The summed E-state index contributed by atoms with van der Waals surface area (Å²) >= 11 is 6.25. The van der Waals surface area contributed by atoms with E-state index in [2.05, 4.69) is 25.8 Å². The molecule has 0 bridgehead atoms. The lowest BCUT2D eigenvalue weighted by Gasteiger charge is -2.21. The van der Waals surface area contributed by atoms with E-state index in [1.807, 2.05) is 0 Å². The van der Waals surface area contributed by atoms with Crippen molar-refractivity contribution >= 4 is 57.4 Å². The second-order valence-corrected chi connectivity index (χ2v) is 11.9. The molecule has 11 nitrogen and oxygen atoms in total. The van der Waals surface area contributed by atoms with E-state index in [9.17, 15) is 28.8 Å². The minimum Gasteiger partial charge on any atom is -0.319 e. The third kappa shape index (κ3) is 5.17. The zero-order valence-electron chi connectivity index (χ0n) is 24.2. The number of hydrogen-bond donors (Lipinski definition) is 3. The fourth-order valence-electron chi connectivity index (χ4n) is 5.09. The summed E-state index contributed by atoms with van der Waals surface area (Å²) in [5, 5.41) is 6.15. The van der Waals surface area contributed by atoms with Gasteiger partial charge in [0.25, 0.3) is 11.5 Å². The first-order valence-electron chi connectivity index (χ1n) is 13.8. The molecule has 0 aliphatic heterocycles. The van der Waals surface area contributed by atoms with Crippen molar-refractivity contribution in [1.29, 1.82) is 0 Å². The van der Waals surface area contributed by atoms with E-state index in [1.165, 1.54) is 24.3 Å². The van der Waals surface area contributed by atoms with E-state index in [0.717, 1.165) is 0 Å². The summed E-state index contributed by atoms with van der Waals surface area (Å²) in [6, 6.07) is 15.5. The number of amides is 1. The van der Waals surface area contributed by atoms with Crippen LogP contribution in [0.1, 0.15) is 79.0 Å². The average molecular weight is 622 g/mol. The molecule has 0 saturated heterocycles. The number of hydrogen-bond acceptors (Lipinski definition) is 9. The van der Waals surface area contributed by atoms with Gasteiger partial charge in [0.1, 0.15) is 22.1 Å². The highest BCUT2D eigenvalue weighted by Crippen LogP contribution is 2.31. The Balaban J connectivity index is 1.40. The zero-order chi connectivity index (χ0) is 32.2. The Bertz CT molecular complexity index is 2150. The Hall–Kier alpha value is -5.55. The lowest BCUT2D eigenvalue weighted by Crippen LogP contribution is -2.41. The molecule has 1 aromatic heterocycles. The number of nitrogens with one attached hydrogen (secondary N) is 3. The summed E-state index contributed by atoms with van der Waals surface area (Å²) in [5.41, 5.74) is 1.82. The molecule has 2 aliphatic carbocycles. The van der Waals surface area contributed by atoms with Crippen LogP contribution in [-0.4, -0.2) is 50.3 Å². The van der Waals surface area contributed by atoms with Crippen molar-refractivity contribution in [2.75, 3.05) is 0 Å². The standard InChI is InChI=1S/C33H24ClN5O6/c1-33(2,3)39-38-22(32(45)37-26-24(34)29(42)17-10-6-7-11-18(17)30(26)43)14-21-31(44)36-20-13-12-19-23(25(20)35-21)28(41)16-9-5-4-8-15(16)27(19)40/h4-13,39H,14H2,1-3H3,(H,36,44)(H,37,45)/b38-22+. The van der Waals surface area contributed by atoms with Crippen molar-refractivity contribution in [2.24, 2.45) is 5.10 Å². The maximum atomic E-state index is 13.6. The Morgan fingerprint density at radius 3 is 2.00 bits per heavy atom. The minimum absolute atomic E-state index is 0.0337. The molecule has 0 radical (unpaired) electrons. The van der Waals surface area contributed by atoms with Crippen molar-refractivity contribution in [3.8, 4) is 0 Å². The van der Waals surface area contributed by atoms with Crippen LogP contribution in [0.2, 0.25) is 0 Å². The first-order valence-corrected chi connectivity index (χ1v) is 14.2. The zero-order valence-corrected chi connectivity index (χ0v) is 25.0. The highest BCUT2D eigenvalue weighted by Gasteiger charge is 2.34. The molecule has 0 saturated carbocycles. The number of halogens is 1. The number of H-pyrrole nitrogens is 1. The molecule has 1 heterocycles. The van der Waals surface area contributed by atoms with Crippen LogP contribution in [0.5, 0.6) is 0 Å². The summed E-state index contributed by atoms with van der Waals surface area (Å²) in [6.45, 7) is 5.37. The third-order valence-electron chi connectivity index (χ3n) is 7.25. The normalized spacial score (nSPS) is 14.7. The van der Waals surface area contributed by atoms with Crippen LogP contribution in [0.15, 0.2) is 81.3 Å². The largest absolute Gasteiger partial charge is 0.319 e. The van der Waals surface area contributed by atoms with Crippen molar-refractivity contribution in [1.82, 2.24) is 20.7 Å². The Morgan fingerprint density at radius 2 is 1.38 bits per heavy atom. The molecule has 0 spiro atoms. The molecule has 224 valence electrons. The molecule has 0 fully saturated rings. The van der Waals surface area contributed by atoms with Gasteiger partial charge in [0.05, 0.1) is 16.6 Å². The third-order valence-corrected chi connectivity index (χ3v) is 7.61. The molecule has 3 aromatic carbocycles. The van der Waals surface area contributed by atoms with Crippen LogP contribution in [0.4, 0.5) is 0 Å². The van der Waals surface area contributed by atoms with Crippen LogP contribution < -0.4 is 16.3 Å². The van der Waals surface area contributed by atoms with E-state index in [4.69, 9.17) is 11.6 Å². The second-order valence-electron chi connectivity index (χ2n) is 11.5. The van der Waals surface area contributed by atoms with Gasteiger partial charge in [-0.05, 0) is 32.9 Å². The van der Waals surface area contributed by atoms with Crippen LogP contribution in [0.3, 0.4) is 0 Å². The monoisotopic (exact) mass is 621 g/mol. The predicted octanol–water partition coefficient (Wildman–Crippen LogP) is 3.63. The molecule has 3 N–H and O–H groups in total. The van der Waals surface area contributed by atoms with Gasteiger partial charge >= 0.3 is 0 Å². The van der Waals surface area contributed by atoms with Crippen molar-refractivity contribution in [2.45, 2.75) is 32.7 Å². The van der Waals surface area contributed by atoms with E-state index in [-0.39, 0.29) is 61.6 Å². The molecule has 0 atom stereocenters. The predicted molar refractivity (Wildman–Crippen MR) is 166 cm³/mol. The molecule has 0 unspecified atom stereocenters. The number of aromatic nitrogens is 2. The first kappa shape index (κ1) is 29.5. The van der Waals surface area contributed by atoms with E-state index in [0.29, 0.717) is 0 Å². The Labute approximate surface area is 260 Å². The molecular formula is C33H24ClN5O6. The van der Waals surface area contributed by atoms with Gasteiger partial charge in [0.2, 0.25) is 11.6 Å². The van der Waals surface area contributed by atoms with Crippen molar-refractivity contribution in [3.63, 3.8) is 0 Å². The molecule has 4 aromatic rings. The number of nitrogens with zero attached hydrogens (tertiary/aromatic N) is 2. The van der Waals surface area contributed by atoms with Crippen molar-refractivity contribution in [3.05, 3.63) is 121 Å². The van der Waals surface area contributed by atoms with Crippen molar-refractivity contribution < 1.29 is 24.0 Å². The van der Waals surface area contributed by atoms with Gasteiger partial charge in [-0.1, -0.05) is 60.1 Å². The first-order chi connectivity index (χ1) is 21.4. The average Bonchev–Trinajstić information content (AvgIpc) is 3.02. The molecule has 1 amide bonds. The summed E-state index contributed by atoms with van der Waals surface area (Å²) in [5.74, 6) is -3.00. The molecule has 6 rings (SSSR count). The Kier molecular flexibility index (Phi) is 7.13. The molecule has 2 aliphatic rings. The molecule has 45 heavy (non-hydrogen) atoms. The van der Waals surface area contributed by atoms with Gasteiger partial charge in [0, 0.05) is 39.8 Å². The topological polar surface area (TPSA) is 168 Å². The van der Waals surface area contributed by atoms with Crippen LogP contribution in [0, 0.1) is 0 Å². The van der Waals surface area contributed by atoms with E-state index in [1.54, 1.807) is 57.2 Å². The number of aromatic amines is 1. The number of Topliss-reactive ketones (excluding diaryl/α,β-unsaturated/α-hetero) is 2. The molecule has 12 heteroatoms. The number of rotatable bonds is 5. The van der Waals surface area contributed by atoms with E-state index < -0.39 is 51.5 Å². The fraction of sp³-hybridized carbons (Fsp3) is 0.152. The summed E-state index contributed by atoms with van der Waals surface area (Å²) < 4.78 is 0. The maximum Gasteiger partial charge on any atom is 0.272 e. The highest BCUT2D eigenvalue weighted by molar-refractivity contribution is 6.51. The number of ketones is 4. The number of fused-ring (bicyclic) bond motifs is 5. The van der Waals surface area contributed by atoms with Gasteiger partial charge < -0.3 is 15.7 Å². The Morgan fingerprint density at radius 1 is 0.800 bits per heavy atom. The van der Waals surface area contributed by atoms with E-state index >= 15 is 0 Å². The SMILES string of the molecule is CC(C)(C)N/N=C(\Cc1nc2c3c(ccc2[nH]c1=O)C(=O)c1ccccc1C3=O)C(=O)NC1=C(Cl)C(=O)c2ccccc2C1=O. The van der Waals surface area contributed by atoms with Crippen LogP contribution >= 0.6 is 11.6 Å². The maximum absolute atomic E-state index is 13.6. The van der Waals surface area contributed by atoms with Crippen LogP contribution in [0.25, 0.3) is 11.0 Å². The minimum atomic E-state index is -0.919. The smallest absolute Gasteiger partial charge is 0.272 e. The number of carbonyl (C=O) groups excluding carboxylic acids is 5. The number of hydrazone groups is 1. The molecular weight excluding hydrogens is 598 g/mol. The van der Waals surface area contributed by atoms with Gasteiger partial charge in [-0.2, -0.15) is 5.10 Å². The quantitative estimate of drug-likeness (QED) is 0.197. The summed E-state index contributed by atoms with van der Waals surface area (Å²) in [7, 11) is 0. The van der Waals surface area contributed by atoms with Gasteiger partial charge in [0.15, 0.2) is 11.6 Å².